The largest absolute Gasteiger partial charge is 0.481 e. The molecular formula is C32H40N2O6. The monoisotopic (exact) mass is 548 g/mol. The first-order valence-electron chi connectivity index (χ1n) is 14.5. The van der Waals surface area contributed by atoms with Crippen LogP contribution in [0.4, 0.5) is 5.69 Å². The summed E-state index contributed by atoms with van der Waals surface area (Å²) < 4.78 is 5.43. The lowest BCUT2D eigenvalue weighted by Gasteiger charge is -2.33. The Labute approximate surface area is 236 Å². The first-order chi connectivity index (χ1) is 19.3. The molecule has 1 aliphatic carbocycles. The van der Waals surface area contributed by atoms with Crippen LogP contribution in [0.2, 0.25) is 0 Å². The molecule has 0 unspecified atom stereocenters. The molecule has 0 aromatic heterocycles. The van der Waals surface area contributed by atoms with Gasteiger partial charge in [0, 0.05) is 12.2 Å². The number of carboxylic acids is 1. The van der Waals surface area contributed by atoms with Crippen molar-refractivity contribution in [3.8, 4) is 0 Å². The number of carbonyl (C=O) groups is 4. The van der Waals surface area contributed by atoms with Crippen molar-refractivity contribution in [2.45, 2.75) is 77.2 Å². The highest BCUT2D eigenvalue weighted by molar-refractivity contribution is 6.01. The molecule has 2 N–H and O–H groups in total. The number of amides is 2. The highest BCUT2D eigenvalue weighted by Gasteiger charge is 2.46. The molecular weight excluding hydrogens is 508 g/mol. The molecule has 4 rings (SSSR count). The second-order valence-electron chi connectivity index (χ2n) is 11.0. The lowest BCUT2D eigenvalue weighted by atomic mass is 9.75. The quantitative estimate of drug-likeness (QED) is 0.372. The second-order valence-corrected chi connectivity index (χ2v) is 11.0. The van der Waals surface area contributed by atoms with Crippen molar-refractivity contribution in [3.05, 3.63) is 65.7 Å². The van der Waals surface area contributed by atoms with Crippen molar-refractivity contribution in [2.75, 3.05) is 18.1 Å². The number of carboxylic acid groups (broad SMARTS) is 1. The van der Waals surface area contributed by atoms with E-state index in [1.807, 2.05) is 54.6 Å². The fraction of sp³-hybridized carbons (Fsp3) is 0.500. The van der Waals surface area contributed by atoms with E-state index < -0.39 is 23.3 Å². The number of hydrogen-bond acceptors (Lipinski definition) is 5. The van der Waals surface area contributed by atoms with Crippen LogP contribution >= 0.6 is 0 Å². The summed E-state index contributed by atoms with van der Waals surface area (Å²) in [7, 11) is 0. The molecule has 0 bridgehead atoms. The minimum atomic E-state index is -0.986. The SMILES string of the molecule is CCOC(=O)[C@H](CCc1ccccc1)CC1(C(=O)N[C@H]2CCc3ccccc3N(CCC(=O)O)C2=O)CCCC1. The number of carbonyl (C=O) groups excluding carboxylic acids is 3. The number of para-hydroxylation sites is 1. The first-order valence-corrected chi connectivity index (χ1v) is 14.5. The van der Waals surface area contributed by atoms with Gasteiger partial charge in [0.15, 0.2) is 0 Å². The Morgan fingerprint density at radius 3 is 2.48 bits per heavy atom. The minimum absolute atomic E-state index is 0.0348. The molecule has 2 amide bonds. The first kappa shape index (κ1) is 29.3. The summed E-state index contributed by atoms with van der Waals surface area (Å²) in [6.07, 6.45) is 5.59. The van der Waals surface area contributed by atoms with Crippen molar-refractivity contribution in [1.82, 2.24) is 5.32 Å². The van der Waals surface area contributed by atoms with E-state index in [1.165, 1.54) is 4.90 Å². The molecule has 1 fully saturated rings. The van der Waals surface area contributed by atoms with Crippen LogP contribution in [-0.2, 0) is 36.8 Å². The maximum absolute atomic E-state index is 14.0. The lowest BCUT2D eigenvalue weighted by Crippen LogP contribution is -2.52. The van der Waals surface area contributed by atoms with E-state index in [0.717, 1.165) is 24.0 Å². The maximum atomic E-state index is 14.0. The number of benzene rings is 2. The van der Waals surface area contributed by atoms with E-state index in [4.69, 9.17) is 4.74 Å². The van der Waals surface area contributed by atoms with Crippen LogP contribution in [-0.4, -0.2) is 48.1 Å². The van der Waals surface area contributed by atoms with Gasteiger partial charge >= 0.3 is 11.9 Å². The molecule has 0 radical (unpaired) electrons. The van der Waals surface area contributed by atoms with Gasteiger partial charge in [-0.05, 0) is 69.1 Å². The van der Waals surface area contributed by atoms with Crippen LogP contribution in [0, 0.1) is 11.3 Å². The van der Waals surface area contributed by atoms with E-state index in [2.05, 4.69) is 5.32 Å². The minimum Gasteiger partial charge on any atom is -0.481 e. The van der Waals surface area contributed by atoms with Gasteiger partial charge in [-0.25, -0.2) is 0 Å². The smallest absolute Gasteiger partial charge is 0.308 e. The summed E-state index contributed by atoms with van der Waals surface area (Å²) in [6.45, 7) is 2.10. The molecule has 2 aliphatic rings. The van der Waals surface area contributed by atoms with Gasteiger partial charge in [0.25, 0.3) is 0 Å². The number of hydrogen-bond donors (Lipinski definition) is 2. The number of nitrogens with one attached hydrogen (secondary N) is 1. The van der Waals surface area contributed by atoms with Crippen LogP contribution in [0.5, 0.6) is 0 Å². The molecule has 8 heteroatoms. The van der Waals surface area contributed by atoms with Crippen LogP contribution in [0.25, 0.3) is 0 Å². The molecule has 1 saturated carbocycles. The highest BCUT2D eigenvalue weighted by Crippen LogP contribution is 2.45. The topological polar surface area (TPSA) is 113 Å². The number of esters is 1. The third-order valence-corrected chi connectivity index (χ3v) is 8.33. The third-order valence-electron chi connectivity index (χ3n) is 8.33. The zero-order valence-corrected chi connectivity index (χ0v) is 23.3. The van der Waals surface area contributed by atoms with Crippen LogP contribution in [0.15, 0.2) is 54.6 Å². The van der Waals surface area contributed by atoms with Gasteiger partial charge in [-0.1, -0.05) is 61.4 Å². The highest BCUT2D eigenvalue weighted by atomic mass is 16.5. The van der Waals surface area contributed by atoms with Crippen LogP contribution in [0.1, 0.15) is 69.4 Å². The lowest BCUT2D eigenvalue weighted by molar-refractivity contribution is -0.150. The summed E-state index contributed by atoms with van der Waals surface area (Å²) >= 11 is 0. The molecule has 0 spiro atoms. The molecule has 2 atom stereocenters. The second kappa shape index (κ2) is 13.6. The van der Waals surface area contributed by atoms with E-state index in [-0.39, 0.29) is 37.4 Å². The Morgan fingerprint density at radius 1 is 1.07 bits per heavy atom. The predicted octanol–water partition coefficient (Wildman–Crippen LogP) is 4.69. The van der Waals surface area contributed by atoms with Gasteiger partial charge in [0.2, 0.25) is 11.8 Å². The Balaban J connectivity index is 1.52. The zero-order chi connectivity index (χ0) is 28.5. The molecule has 0 saturated heterocycles. The van der Waals surface area contributed by atoms with Crippen molar-refractivity contribution in [2.24, 2.45) is 11.3 Å². The van der Waals surface area contributed by atoms with Gasteiger partial charge in [-0.3, -0.25) is 19.2 Å². The van der Waals surface area contributed by atoms with E-state index >= 15 is 0 Å². The van der Waals surface area contributed by atoms with Gasteiger partial charge < -0.3 is 20.1 Å². The Hall–Kier alpha value is -3.68. The fourth-order valence-corrected chi connectivity index (χ4v) is 6.20. The number of fused-ring (bicyclic) bond motifs is 1. The van der Waals surface area contributed by atoms with Gasteiger partial charge in [-0.2, -0.15) is 0 Å². The molecule has 214 valence electrons. The summed E-state index contributed by atoms with van der Waals surface area (Å²) in [5, 5.41) is 12.3. The Morgan fingerprint density at radius 2 is 1.77 bits per heavy atom. The number of nitrogens with zero attached hydrogens (tertiary/aromatic N) is 1. The molecule has 1 aliphatic heterocycles. The van der Waals surface area contributed by atoms with Crippen LogP contribution in [0.3, 0.4) is 0 Å². The molecule has 8 nitrogen and oxygen atoms in total. The molecule has 2 aromatic rings. The summed E-state index contributed by atoms with van der Waals surface area (Å²) in [5.41, 5.74) is 2.03. The van der Waals surface area contributed by atoms with E-state index in [9.17, 15) is 24.3 Å². The molecule has 2 aromatic carbocycles. The number of aliphatic carboxylic acids is 1. The standard InChI is InChI=1S/C32H40N2O6/c1-2-40-30(38)25(15-14-23-10-4-3-5-11-23)22-32(19-8-9-20-32)31(39)33-26-17-16-24-12-6-7-13-27(24)34(29(26)37)21-18-28(35)36/h3-7,10-13,25-26H,2,8-9,14-22H2,1H3,(H,33,39)(H,35,36)/t25-,26+/m1/s1. The van der Waals surface area contributed by atoms with Gasteiger partial charge in [0.1, 0.15) is 6.04 Å². The predicted molar refractivity (Wildman–Crippen MR) is 152 cm³/mol. The number of aryl methyl sites for hydroxylation is 2. The zero-order valence-electron chi connectivity index (χ0n) is 23.3. The Kier molecular flexibility index (Phi) is 9.96. The fourth-order valence-electron chi connectivity index (χ4n) is 6.20. The van der Waals surface area contributed by atoms with Gasteiger partial charge in [-0.15, -0.1) is 0 Å². The summed E-state index contributed by atoms with van der Waals surface area (Å²) in [5.74, 6) is -2.18. The number of ether oxygens (including phenoxy) is 1. The summed E-state index contributed by atoms with van der Waals surface area (Å²) in [6, 6.07) is 16.7. The van der Waals surface area contributed by atoms with E-state index in [0.29, 0.717) is 50.6 Å². The van der Waals surface area contributed by atoms with Crippen molar-refractivity contribution in [3.63, 3.8) is 0 Å². The van der Waals surface area contributed by atoms with Crippen LogP contribution < -0.4 is 10.2 Å². The number of rotatable bonds is 12. The van der Waals surface area contributed by atoms with Crippen molar-refractivity contribution < 1.29 is 29.0 Å². The third kappa shape index (κ3) is 7.09. The molecule has 40 heavy (non-hydrogen) atoms. The average Bonchev–Trinajstić information content (AvgIpc) is 3.39. The van der Waals surface area contributed by atoms with Crippen molar-refractivity contribution >= 4 is 29.4 Å². The summed E-state index contributed by atoms with van der Waals surface area (Å²) in [4.78, 5) is 53.6. The molecule has 1 heterocycles. The maximum Gasteiger partial charge on any atom is 0.308 e. The van der Waals surface area contributed by atoms with Crippen molar-refractivity contribution in [1.29, 1.82) is 0 Å². The average molecular weight is 549 g/mol. The normalized spacial score (nSPS) is 18.9. The van der Waals surface area contributed by atoms with Gasteiger partial charge in [0.05, 0.1) is 24.4 Å². The van der Waals surface area contributed by atoms with E-state index in [1.54, 1.807) is 6.92 Å². The number of anilines is 1. The Bertz CT molecular complexity index is 1190.